The Morgan fingerprint density at radius 1 is 1.06 bits per heavy atom. The first-order valence-electron chi connectivity index (χ1n) is 4.31. The van der Waals surface area contributed by atoms with E-state index in [-0.39, 0.29) is 14.9 Å². The van der Waals surface area contributed by atoms with Crippen molar-refractivity contribution in [1.82, 2.24) is 14.9 Å². The van der Waals surface area contributed by atoms with E-state index in [0.717, 1.165) is 4.68 Å². The highest BCUT2D eigenvalue weighted by molar-refractivity contribution is 7.92. The van der Waals surface area contributed by atoms with Crippen LogP contribution in [0.25, 0.3) is 0 Å². The van der Waals surface area contributed by atoms with E-state index in [2.05, 4.69) is 15.0 Å². The van der Waals surface area contributed by atoms with Crippen molar-refractivity contribution in [1.29, 1.82) is 0 Å². The minimum Gasteiger partial charge on any atom is -0.221 e. The molecule has 0 saturated carbocycles. The average Bonchev–Trinajstić information content (AvgIpc) is 2.68. The molecule has 0 aliphatic carbocycles. The van der Waals surface area contributed by atoms with Gasteiger partial charge in [0.25, 0.3) is 10.0 Å². The molecular formula is C8H6Cl2N4O2S. The quantitative estimate of drug-likeness (QED) is 0.930. The Kier molecular flexibility index (Phi) is 3.23. The smallest absolute Gasteiger partial charge is 0.221 e. The fourth-order valence-corrected chi connectivity index (χ4v) is 2.82. The molecule has 9 heteroatoms. The van der Waals surface area contributed by atoms with E-state index in [0.29, 0.717) is 0 Å². The minimum absolute atomic E-state index is 0.0382. The van der Waals surface area contributed by atoms with Crippen molar-refractivity contribution < 1.29 is 8.42 Å². The maximum absolute atomic E-state index is 11.9. The highest BCUT2D eigenvalue weighted by Gasteiger charge is 2.15. The lowest BCUT2D eigenvalue weighted by atomic mass is 10.4. The van der Waals surface area contributed by atoms with Crippen LogP contribution in [-0.2, 0) is 10.0 Å². The molecule has 6 nitrogen and oxygen atoms in total. The van der Waals surface area contributed by atoms with E-state index in [9.17, 15) is 8.42 Å². The van der Waals surface area contributed by atoms with E-state index in [1.54, 1.807) is 0 Å². The highest BCUT2D eigenvalue weighted by atomic mass is 35.5. The van der Waals surface area contributed by atoms with E-state index in [4.69, 9.17) is 23.2 Å². The molecule has 1 heterocycles. The molecule has 0 saturated heterocycles. The number of sulfonamides is 1. The number of rotatable bonds is 3. The van der Waals surface area contributed by atoms with Crippen molar-refractivity contribution in [2.45, 2.75) is 4.90 Å². The third kappa shape index (κ3) is 2.87. The summed E-state index contributed by atoms with van der Waals surface area (Å²) in [4.78, 5) is 2.18. The van der Waals surface area contributed by atoms with Crippen LogP contribution in [0.2, 0.25) is 10.0 Å². The molecule has 1 aromatic heterocycles. The van der Waals surface area contributed by atoms with E-state index in [1.807, 2.05) is 0 Å². The summed E-state index contributed by atoms with van der Waals surface area (Å²) in [5.41, 5.74) is 0. The number of nitrogens with one attached hydrogen (secondary N) is 1. The Hall–Kier alpha value is -1.31. The number of halogens is 2. The summed E-state index contributed by atoms with van der Waals surface area (Å²) < 4.78 is 24.9. The summed E-state index contributed by atoms with van der Waals surface area (Å²) in [6.07, 6.45) is 2.42. The Morgan fingerprint density at radius 2 is 1.59 bits per heavy atom. The number of aromatic nitrogens is 3. The highest BCUT2D eigenvalue weighted by Crippen LogP contribution is 2.22. The summed E-state index contributed by atoms with van der Waals surface area (Å²) >= 11 is 11.5. The zero-order valence-electron chi connectivity index (χ0n) is 8.21. The van der Waals surface area contributed by atoms with Crippen molar-refractivity contribution in [3.05, 3.63) is 40.9 Å². The average molecular weight is 293 g/mol. The standard InChI is InChI=1S/C8H6Cl2N4O2S/c9-6-1-7(10)3-8(2-6)17(15,16)13-14-4-11-12-5-14/h1-5,13H. The third-order valence-electron chi connectivity index (χ3n) is 1.79. The van der Waals surface area contributed by atoms with Gasteiger partial charge in [0, 0.05) is 10.0 Å². The molecule has 0 fully saturated rings. The van der Waals surface area contributed by atoms with Gasteiger partial charge in [-0.25, -0.2) is 9.51 Å². The van der Waals surface area contributed by atoms with Crippen LogP contribution in [0, 0.1) is 0 Å². The van der Waals surface area contributed by atoms with Gasteiger partial charge in [-0.05, 0) is 18.2 Å². The first kappa shape index (κ1) is 12.2. The Balaban J connectivity index is 2.38. The van der Waals surface area contributed by atoms with Gasteiger partial charge in [0.15, 0.2) is 0 Å². The van der Waals surface area contributed by atoms with Gasteiger partial charge in [-0.3, -0.25) is 0 Å². The number of benzene rings is 1. The Bertz CT molecular complexity index is 607. The molecule has 17 heavy (non-hydrogen) atoms. The van der Waals surface area contributed by atoms with E-state index in [1.165, 1.54) is 30.9 Å². The van der Waals surface area contributed by atoms with Crippen molar-refractivity contribution in [2.24, 2.45) is 0 Å². The fraction of sp³-hybridized carbons (Fsp3) is 0. The van der Waals surface area contributed by atoms with Crippen LogP contribution >= 0.6 is 23.2 Å². The first-order chi connectivity index (χ1) is 7.97. The van der Waals surface area contributed by atoms with Crippen molar-refractivity contribution in [3.8, 4) is 0 Å². The maximum atomic E-state index is 11.9. The second-order valence-corrected chi connectivity index (χ2v) is 5.60. The molecule has 0 bridgehead atoms. The minimum atomic E-state index is -3.76. The van der Waals surface area contributed by atoms with Crippen molar-refractivity contribution >= 4 is 33.2 Å². The molecule has 1 aromatic carbocycles. The largest absolute Gasteiger partial charge is 0.275 e. The monoisotopic (exact) mass is 292 g/mol. The predicted molar refractivity (Wildman–Crippen MR) is 63.0 cm³/mol. The third-order valence-corrected chi connectivity index (χ3v) is 3.53. The van der Waals surface area contributed by atoms with Crippen LogP contribution < -0.4 is 4.83 Å². The van der Waals surface area contributed by atoms with Crippen LogP contribution in [-0.4, -0.2) is 23.3 Å². The lowest BCUT2D eigenvalue weighted by molar-refractivity contribution is 0.595. The molecule has 2 aromatic rings. The van der Waals surface area contributed by atoms with E-state index < -0.39 is 10.0 Å². The number of nitrogens with zero attached hydrogens (tertiary/aromatic N) is 3. The Labute approximate surface area is 107 Å². The molecule has 90 valence electrons. The lowest BCUT2D eigenvalue weighted by Crippen LogP contribution is -2.22. The van der Waals surface area contributed by atoms with E-state index >= 15 is 0 Å². The van der Waals surface area contributed by atoms with Gasteiger partial charge in [-0.15, -0.1) is 10.2 Å². The zero-order valence-corrected chi connectivity index (χ0v) is 10.5. The van der Waals surface area contributed by atoms with Gasteiger partial charge in [-0.2, -0.15) is 8.42 Å². The summed E-state index contributed by atoms with van der Waals surface area (Å²) in [6, 6.07) is 4.03. The topological polar surface area (TPSA) is 76.9 Å². The van der Waals surface area contributed by atoms with Crippen LogP contribution in [0.15, 0.2) is 35.7 Å². The molecule has 0 amide bonds. The number of hydrogen-bond donors (Lipinski definition) is 1. The number of hydrogen-bond acceptors (Lipinski definition) is 4. The SMILES string of the molecule is O=S(=O)(Nn1cnnc1)c1cc(Cl)cc(Cl)c1. The van der Waals surface area contributed by atoms with Gasteiger partial charge in [0.05, 0.1) is 4.90 Å². The Morgan fingerprint density at radius 3 is 2.12 bits per heavy atom. The summed E-state index contributed by atoms with van der Waals surface area (Å²) in [6.45, 7) is 0. The molecule has 0 atom stereocenters. The van der Waals surface area contributed by atoms with Gasteiger partial charge < -0.3 is 0 Å². The molecular weight excluding hydrogens is 287 g/mol. The van der Waals surface area contributed by atoms with Gasteiger partial charge in [0.2, 0.25) is 0 Å². The fourth-order valence-electron chi connectivity index (χ4n) is 1.12. The summed E-state index contributed by atoms with van der Waals surface area (Å²) in [5.74, 6) is 0. The predicted octanol–water partition coefficient (Wildman–Crippen LogP) is 1.52. The van der Waals surface area contributed by atoms with Crippen LogP contribution in [0.4, 0.5) is 0 Å². The first-order valence-corrected chi connectivity index (χ1v) is 6.55. The van der Waals surface area contributed by atoms with Crippen LogP contribution in [0.5, 0.6) is 0 Å². The molecule has 0 aliphatic heterocycles. The van der Waals surface area contributed by atoms with Gasteiger partial charge in [0.1, 0.15) is 12.7 Å². The molecule has 0 aliphatic rings. The van der Waals surface area contributed by atoms with Crippen molar-refractivity contribution in [3.63, 3.8) is 0 Å². The van der Waals surface area contributed by atoms with Crippen LogP contribution in [0.1, 0.15) is 0 Å². The second-order valence-electron chi connectivity index (χ2n) is 3.07. The zero-order chi connectivity index (χ0) is 12.5. The molecule has 0 spiro atoms. The molecule has 0 unspecified atom stereocenters. The maximum Gasteiger partial charge on any atom is 0.275 e. The summed E-state index contributed by atoms with van der Waals surface area (Å²) in [5, 5.41) is 7.41. The second kappa shape index (κ2) is 4.52. The summed E-state index contributed by atoms with van der Waals surface area (Å²) in [7, 11) is -3.76. The van der Waals surface area contributed by atoms with Crippen molar-refractivity contribution in [2.75, 3.05) is 4.83 Å². The molecule has 2 rings (SSSR count). The lowest BCUT2D eigenvalue weighted by Gasteiger charge is -2.08. The normalized spacial score (nSPS) is 11.4. The molecule has 0 radical (unpaired) electrons. The molecule has 1 N–H and O–H groups in total. The van der Waals surface area contributed by atoms with Gasteiger partial charge >= 0.3 is 0 Å². The van der Waals surface area contributed by atoms with Gasteiger partial charge in [-0.1, -0.05) is 23.2 Å². The van der Waals surface area contributed by atoms with Crippen LogP contribution in [0.3, 0.4) is 0 Å².